The lowest BCUT2D eigenvalue weighted by atomic mass is 10.0. The summed E-state index contributed by atoms with van der Waals surface area (Å²) in [5.41, 5.74) is 14.4. The molecule has 1 aromatic rings. The molecule has 2 aliphatic heterocycles. The molecule has 1 fully saturated rings. The predicted molar refractivity (Wildman–Crippen MR) is 130 cm³/mol. The molecule has 186 valence electrons. The fraction of sp³-hybridized carbons (Fsp3) is 0.450. The first-order valence-electron chi connectivity index (χ1n) is 10.7. The number of benzene rings is 1. The van der Waals surface area contributed by atoms with Crippen LogP contribution >= 0.6 is 21.6 Å². The number of carbonyl (C=O) groups is 5. The average Bonchev–Trinajstić information content (AvgIpc) is 3.10. The molecule has 1 aromatic carbocycles. The van der Waals surface area contributed by atoms with Gasteiger partial charge < -0.3 is 15.8 Å². The van der Waals surface area contributed by atoms with Crippen molar-refractivity contribution < 1.29 is 28.7 Å². The molecule has 1 saturated heterocycles. The Balaban J connectivity index is 1.65. The molecule has 0 bridgehead atoms. The van der Waals surface area contributed by atoms with Gasteiger partial charge in [-0.25, -0.2) is 4.79 Å². The van der Waals surface area contributed by atoms with E-state index in [1.54, 1.807) is 12.1 Å². The Labute approximate surface area is 208 Å². The van der Waals surface area contributed by atoms with Gasteiger partial charge in [0.05, 0.1) is 11.1 Å². The molecular formula is C20H23N7O6S2. The first-order chi connectivity index (χ1) is 16.9. The molecule has 5 amide bonds. The molecule has 1 atom stereocenters. The van der Waals surface area contributed by atoms with Crippen LogP contribution in [0.15, 0.2) is 23.3 Å². The van der Waals surface area contributed by atoms with Crippen LogP contribution < -0.4 is 11.1 Å². The van der Waals surface area contributed by atoms with Crippen LogP contribution in [-0.4, -0.2) is 83.3 Å². The van der Waals surface area contributed by atoms with Crippen LogP contribution in [0.3, 0.4) is 0 Å². The van der Waals surface area contributed by atoms with Gasteiger partial charge >= 0.3 is 6.09 Å². The number of likely N-dealkylation sites (tertiary alicyclic amines) is 1. The number of piperidine rings is 1. The van der Waals surface area contributed by atoms with Crippen LogP contribution in [0.2, 0.25) is 0 Å². The van der Waals surface area contributed by atoms with Gasteiger partial charge in [0.1, 0.15) is 12.6 Å². The third kappa shape index (κ3) is 5.88. The lowest BCUT2D eigenvalue weighted by molar-refractivity contribution is -0.148. The zero-order valence-corrected chi connectivity index (χ0v) is 20.2. The summed E-state index contributed by atoms with van der Waals surface area (Å²) in [6.07, 6.45) is -1.44. The molecule has 0 saturated carbocycles. The van der Waals surface area contributed by atoms with Crippen LogP contribution in [0.5, 0.6) is 0 Å². The van der Waals surface area contributed by atoms with E-state index in [4.69, 9.17) is 16.0 Å². The highest BCUT2D eigenvalue weighted by molar-refractivity contribution is 8.76. The number of nitrogens with two attached hydrogens (primary N) is 1. The minimum Gasteiger partial charge on any atom is -0.448 e. The van der Waals surface area contributed by atoms with Crippen LogP contribution in [0.1, 0.15) is 33.6 Å². The van der Waals surface area contributed by atoms with Gasteiger partial charge in [-0.1, -0.05) is 32.8 Å². The van der Waals surface area contributed by atoms with Gasteiger partial charge in [-0.05, 0) is 24.1 Å². The maximum atomic E-state index is 13.2. The molecule has 1 unspecified atom stereocenters. The molecular weight excluding hydrogens is 498 g/mol. The Kier molecular flexibility index (Phi) is 9.37. The van der Waals surface area contributed by atoms with Crippen molar-refractivity contribution in [2.75, 3.05) is 43.1 Å². The molecule has 2 aliphatic rings. The summed E-state index contributed by atoms with van der Waals surface area (Å²) in [5.74, 6) is -2.12. The quantitative estimate of drug-likeness (QED) is 0.109. The smallest absolute Gasteiger partial charge is 0.423 e. The van der Waals surface area contributed by atoms with E-state index in [9.17, 15) is 24.0 Å². The second kappa shape index (κ2) is 12.4. The van der Waals surface area contributed by atoms with E-state index in [1.165, 1.54) is 27.7 Å². The molecule has 3 rings (SSSR count). The summed E-state index contributed by atoms with van der Waals surface area (Å²) < 4.78 is 5.06. The Hall–Kier alpha value is -3.26. The van der Waals surface area contributed by atoms with Crippen LogP contribution in [0, 0.1) is 0 Å². The van der Waals surface area contributed by atoms with Crippen molar-refractivity contribution in [3.63, 3.8) is 0 Å². The fourth-order valence-electron chi connectivity index (χ4n) is 3.61. The monoisotopic (exact) mass is 521 g/mol. The number of azide groups is 1. The fourth-order valence-corrected chi connectivity index (χ4v) is 5.29. The molecule has 13 nitrogen and oxygen atoms in total. The molecule has 0 radical (unpaired) electrons. The normalized spacial score (nSPS) is 17.3. The van der Waals surface area contributed by atoms with Crippen molar-refractivity contribution in [1.82, 2.24) is 9.80 Å². The number of fused-ring (bicyclic) bond motifs is 1. The Morgan fingerprint density at radius 2 is 2.00 bits per heavy atom. The minimum atomic E-state index is -1.30. The Morgan fingerprint density at radius 3 is 2.74 bits per heavy atom. The van der Waals surface area contributed by atoms with Gasteiger partial charge in [0.25, 0.3) is 17.7 Å². The van der Waals surface area contributed by atoms with E-state index in [0.717, 1.165) is 4.90 Å². The summed E-state index contributed by atoms with van der Waals surface area (Å²) in [4.78, 5) is 67.9. The zero-order valence-electron chi connectivity index (χ0n) is 18.5. The summed E-state index contributed by atoms with van der Waals surface area (Å²) in [6.45, 7) is 0.944. The second-order valence-corrected chi connectivity index (χ2v) is 9.96. The Morgan fingerprint density at radius 1 is 1.23 bits per heavy atom. The van der Waals surface area contributed by atoms with Crippen molar-refractivity contribution in [3.8, 4) is 0 Å². The third-order valence-electron chi connectivity index (χ3n) is 5.10. The largest absolute Gasteiger partial charge is 0.448 e. The van der Waals surface area contributed by atoms with Crippen molar-refractivity contribution in [2.45, 2.75) is 18.9 Å². The number of hydrogen-bond acceptors (Lipinski definition) is 11. The second-order valence-electron chi connectivity index (χ2n) is 7.26. The van der Waals surface area contributed by atoms with E-state index in [0.29, 0.717) is 41.7 Å². The van der Waals surface area contributed by atoms with E-state index in [2.05, 4.69) is 15.3 Å². The molecule has 0 spiro atoms. The number of hydrogen-bond donors (Lipinski definition) is 2. The van der Waals surface area contributed by atoms with Crippen LogP contribution in [0.4, 0.5) is 10.5 Å². The number of nitrogens with zero attached hydrogens (tertiary/aromatic N) is 5. The molecule has 2 heterocycles. The standard InChI is InChI=1S/C20H23N7O6S2/c21-6-7-23-13-3-1-2-12-16(13)19(31)26(17(12)29)14-4-5-15(28)27(18(14)30)20(32)33-9-11-35-34-10-8-24-25-22/h1-3,14,23H,4-11,21H2. The zero-order chi connectivity index (χ0) is 25.4. The number of amides is 5. The molecule has 0 aliphatic carbocycles. The van der Waals surface area contributed by atoms with Gasteiger partial charge in [-0.15, -0.1) is 0 Å². The van der Waals surface area contributed by atoms with Crippen molar-refractivity contribution in [2.24, 2.45) is 10.8 Å². The lowest BCUT2D eigenvalue weighted by Gasteiger charge is -2.32. The van der Waals surface area contributed by atoms with Gasteiger partial charge in [0, 0.05) is 48.2 Å². The van der Waals surface area contributed by atoms with Crippen LogP contribution in [0.25, 0.3) is 10.4 Å². The number of rotatable bonds is 11. The SMILES string of the molecule is [N-]=[N+]=NCCSSCCOC(=O)N1C(=O)CCC(N2C(=O)c3cccc(NCCN)c3C2=O)C1=O. The number of ether oxygens (including phenoxy) is 1. The highest BCUT2D eigenvalue weighted by Crippen LogP contribution is 2.33. The summed E-state index contributed by atoms with van der Waals surface area (Å²) in [6, 6.07) is 3.41. The Bertz CT molecular complexity index is 1080. The number of carbonyl (C=O) groups excluding carboxylic acids is 5. The predicted octanol–water partition coefficient (Wildman–Crippen LogP) is 2.00. The van der Waals surface area contributed by atoms with Gasteiger partial charge in [0.15, 0.2) is 0 Å². The molecule has 3 N–H and O–H groups in total. The van der Waals surface area contributed by atoms with Gasteiger partial charge in [0.2, 0.25) is 5.91 Å². The first kappa shape index (κ1) is 26.3. The van der Waals surface area contributed by atoms with E-state index < -0.39 is 35.8 Å². The first-order valence-corrected chi connectivity index (χ1v) is 13.1. The maximum Gasteiger partial charge on any atom is 0.423 e. The summed E-state index contributed by atoms with van der Waals surface area (Å²) >= 11 is 0. The van der Waals surface area contributed by atoms with Crippen molar-refractivity contribution >= 4 is 57.0 Å². The number of nitrogens with one attached hydrogen (secondary N) is 1. The van der Waals surface area contributed by atoms with E-state index in [1.807, 2.05) is 0 Å². The van der Waals surface area contributed by atoms with Crippen molar-refractivity contribution in [3.05, 3.63) is 39.8 Å². The lowest BCUT2D eigenvalue weighted by Crippen LogP contribution is -2.57. The van der Waals surface area contributed by atoms with Gasteiger partial charge in [-0.3, -0.25) is 24.1 Å². The molecule has 15 heteroatoms. The van der Waals surface area contributed by atoms with Crippen LogP contribution in [-0.2, 0) is 14.3 Å². The number of anilines is 1. The minimum absolute atomic E-state index is 0.0665. The van der Waals surface area contributed by atoms with Crippen molar-refractivity contribution in [1.29, 1.82) is 0 Å². The average molecular weight is 522 g/mol. The highest BCUT2D eigenvalue weighted by Gasteiger charge is 2.49. The topological polar surface area (TPSA) is 188 Å². The third-order valence-corrected chi connectivity index (χ3v) is 7.45. The van der Waals surface area contributed by atoms with Gasteiger partial charge in [-0.2, -0.15) is 4.90 Å². The number of imide groups is 4. The van der Waals surface area contributed by atoms with E-state index >= 15 is 0 Å². The van der Waals surface area contributed by atoms with E-state index in [-0.39, 0.29) is 30.6 Å². The summed E-state index contributed by atoms with van der Waals surface area (Å²) in [5, 5.41) is 6.39. The maximum absolute atomic E-state index is 13.2. The molecule has 35 heavy (non-hydrogen) atoms. The summed E-state index contributed by atoms with van der Waals surface area (Å²) in [7, 11) is 2.79. The highest BCUT2D eigenvalue weighted by atomic mass is 33.1. The molecule has 0 aromatic heterocycles.